The molecule has 0 spiro atoms. The molecule has 38 heavy (non-hydrogen) atoms. The Balaban J connectivity index is 1.69. The van der Waals surface area contributed by atoms with E-state index in [-0.39, 0.29) is 13.0 Å². The fraction of sp³-hybridized carbons (Fsp3) is 0.212. The maximum Gasteiger partial charge on any atom is 0.341 e. The normalized spacial score (nSPS) is 10.8. The summed E-state index contributed by atoms with van der Waals surface area (Å²) in [4.78, 5) is 22.1. The summed E-state index contributed by atoms with van der Waals surface area (Å²) in [5, 5.41) is 18.1. The number of aliphatic carboxylic acids is 2. The van der Waals surface area contributed by atoms with Crippen LogP contribution in [0.25, 0.3) is 22.3 Å². The Morgan fingerprint density at radius 2 is 1.42 bits per heavy atom. The molecule has 5 nitrogen and oxygen atoms in total. The first kappa shape index (κ1) is 26.7. The maximum absolute atomic E-state index is 11.1. The number of rotatable bonds is 10. The highest BCUT2D eigenvalue weighted by Gasteiger charge is 2.14. The number of carbonyl (C=O) groups is 2. The zero-order valence-electron chi connectivity index (χ0n) is 22.0. The van der Waals surface area contributed by atoms with Crippen LogP contribution in [0.5, 0.6) is 5.75 Å². The molecule has 0 fully saturated rings. The van der Waals surface area contributed by atoms with Gasteiger partial charge in [-0.05, 0) is 95.0 Å². The van der Waals surface area contributed by atoms with E-state index in [9.17, 15) is 9.59 Å². The summed E-state index contributed by atoms with van der Waals surface area (Å²) in [5.74, 6) is -1.22. The summed E-state index contributed by atoms with van der Waals surface area (Å²) in [7, 11) is 0. The van der Waals surface area contributed by atoms with E-state index in [1.54, 1.807) is 0 Å². The van der Waals surface area contributed by atoms with Gasteiger partial charge in [-0.25, -0.2) is 4.79 Å². The summed E-state index contributed by atoms with van der Waals surface area (Å²) in [6.07, 6.45) is 1.27. The first-order chi connectivity index (χ1) is 18.2. The molecule has 4 aromatic carbocycles. The van der Waals surface area contributed by atoms with Gasteiger partial charge in [0.05, 0.1) is 0 Å². The fourth-order valence-electron chi connectivity index (χ4n) is 5.00. The highest BCUT2D eigenvalue weighted by atomic mass is 16.5. The Labute approximate surface area is 223 Å². The van der Waals surface area contributed by atoms with E-state index in [0.717, 1.165) is 55.6 Å². The average molecular weight is 509 g/mol. The molecule has 0 atom stereocenters. The largest absolute Gasteiger partial charge is 0.482 e. The van der Waals surface area contributed by atoms with E-state index in [1.165, 1.54) is 0 Å². The van der Waals surface area contributed by atoms with E-state index < -0.39 is 11.9 Å². The molecular weight excluding hydrogens is 476 g/mol. The Morgan fingerprint density at radius 1 is 0.711 bits per heavy atom. The topological polar surface area (TPSA) is 83.8 Å². The van der Waals surface area contributed by atoms with Crippen LogP contribution in [0.1, 0.15) is 39.8 Å². The van der Waals surface area contributed by atoms with Gasteiger partial charge in [0.25, 0.3) is 0 Å². The lowest BCUT2D eigenvalue weighted by atomic mass is 9.88. The maximum atomic E-state index is 11.1. The quantitative estimate of drug-likeness (QED) is 0.241. The smallest absolute Gasteiger partial charge is 0.341 e. The van der Waals surface area contributed by atoms with Gasteiger partial charge in [-0.2, -0.15) is 0 Å². The van der Waals surface area contributed by atoms with Crippen molar-refractivity contribution in [3.8, 4) is 28.0 Å². The first-order valence-electron chi connectivity index (χ1n) is 12.7. The summed E-state index contributed by atoms with van der Waals surface area (Å²) >= 11 is 0. The average Bonchev–Trinajstić information content (AvgIpc) is 2.87. The lowest BCUT2D eigenvalue weighted by Gasteiger charge is -2.17. The van der Waals surface area contributed by atoms with Crippen LogP contribution < -0.4 is 4.74 Å². The van der Waals surface area contributed by atoms with E-state index in [2.05, 4.69) is 51.1 Å². The minimum atomic E-state index is -1.01. The molecule has 2 N–H and O–H groups in total. The second-order valence-corrected chi connectivity index (χ2v) is 9.70. The molecule has 0 aliphatic rings. The third-order valence-electron chi connectivity index (χ3n) is 6.70. The lowest BCUT2D eigenvalue weighted by Crippen LogP contribution is -2.10. The molecule has 0 saturated carbocycles. The van der Waals surface area contributed by atoms with Gasteiger partial charge in [-0.15, -0.1) is 0 Å². The van der Waals surface area contributed by atoms with E-state index >= 15 is 0 Å². The van der Waals surface area contributed by atoms with Crippen LogP contribution in [0.4, 0.5) is 0 Å². The highest BCUT2D eigenvalue weighted by Crippen LogP contribution is 2.36. The van der Waals surface area contributed by atoms with Crippen LogP contribution in [0.3, 0.4) is 0 Å². The van der Waals surface area contributed by atoms with E-state index in [4.69, 9.17) is 14.9 Å². The Morgan fingerprint density at radius 3 is 2.05 bits per heavy atom. The second-order valence-electron chi connectivity index (χ2n) is 9.70. The Kier molecular flexibility index (Phi) is 8.27. The highest BCUT2D eigenvalue weighted by molar-refractivity contribution is 5.79. The van der Waals surface area contributed by atoms with Gasteiger partial charge in [-0.1, -0.05) is 66.7 Å². The second kappa shape index (κ2) is 11.8. The van der Waals surface area contributed by atoms with Gasteiger partial charge >= 0.3 is 11.9 Å². The standard InChI is InChI=1S/C33H32O5/c1-21-15-25(10-14-31(34)35)9-12-29(21)27-16-22(2)33(23(3)17-27)26-11-13-30(38-20-32(36)37)28(19-26)18-24-7-5-4-6-8-24/h4-9,11-13,15-17,19H,10,14,18,20H2,1-3H3,(H,34,35)(H,36,37). The summed E-state index contributed by atoms with van der Waals surface area (Å²) < 4.78 is 5.62. The summed E-state index contributed by atoms with van der Waals surface area (Å²) in [5.41, 5.74) is 10.9. The van der Waals surface area contributed by atoms with Gasteiger partial charge in [0.1, 0.15) is 5.75 Å². The zero-order valence-corrected chi connectivity index (χ0v) is 22.0. The molecule has 0 aliphatic carbocycles. The Bertz CT molecular complexity index is 1450. The van der Waals surface area contributed by atoms with Crippen molar-refractivity contribution in [2.24, 2.45) is 0 Å². The van der Waals surface area contributed by atoms with Crippen LogP contribution in [0.15, 0.2) is 78.9 Å². The van der Waals surface area contributed by atoms with Gasteiger partial charge in [-0.3, -0.25) is 4.79 Å². The van der Waals surface area contributed by atoms with Crippen LogP contribution in [0.2, 0.25) is 0 Å². The van der Waals surface area contributed by atoms with Gasteiger partial charge in [0, 0.05) is 12.8 Å². The van der Waals surface area contributed by atoms with E-state index in [0.29, 0.717) is 18.6 Å². The van der Waals surface area contributed by atoms with Gasteiger partial charge in [0.15, 0.2) is 6.61 Å². The minimum Gasteiger partial charge on any atom is -0.482 e. The molecule has 0 unspecified atom stereocenters. The predicted molar refractivity (Wildman–Crippen MR) is 150 cm³/mol. The third kappa shape index (κ3) is 6.48. The van der Waals surface area contributed by atoms with Crippen molar-refractivity contribution in [2.75, 3.05) is 6.61 Å². The number of benzene rings is 4. The monoisotopic (exact) mass is 508 g/mol. The third-order valence-corrected chi connectivity index (χ3v) is 6.70. The number of carboxylic acid groups (broad SMARTS) is 2. The molecule has 0 radical (unpaired) electrons. The molecule has 0 aromatic heterocycles. The SMILES string of the molecule is Cc1cc(CCC(=O)O)ccc1-c1cc(C)c(-c2ccc(OCC(=O)O)c(Cc3ccccc3)c2)c(C)c1. The number of ether oxygens (including phenoxy) is 1. The molecule has 5 heteroatoms. The van der Waals surface area contributed by atoms with Crippen molar-refractivity contribution in [1.29, 1.82) is 0 Å². The van der Waals surface area contributed by atoms with Crippen LogP contribution in [0, 0.1) is 20.8 Å². The summed E-state index contributed by atoms with van der Waals surface area (Å²) in [6.45, 7) is 5.88. The number of aryl methyl sites for hydroxylation is 4. The van der Waals surface area contributed by atoms with Crippen LogP contribution in [-0.4, -0.2) is 28.8 Å². The molecule has 0 bridgehead atoms. The molecule has 4 aromatic rings. The van der Waals surface area contributed by atoms with Crippen molar-refractivity contribution in [3.63, 3.8) is 0 Å². The molecule has 0 amide bonds. The van der Waals surface area contributed by atoms with Crippen molar-refractivity contribution < 1.29 is 24.5 Å². The Hall–Kier alpha value is -4.38. The number of hydrogen-bond acceptors (Lipinski definition) is 3. The van der Waals surface area contributed by atoms with Crippen molar-refractivity contribution in [3.05, 3.63) is 112 Å². The van der Waals surface area contributed by atoms with Crippen LogP contribution in [-0.2, 0) is 22.4 Å². The minimum absolute atomic E-state index is 0.123. The van der Waals surface area contributed by atoms with Crippen molar-refractivity contribution in [1.82, 2.24) is 0 Å². The number of hydrogen-bond donors (Lipinski definition) is 2. The molecule has 0 aliphatic heterocycles. The molecule has 0 heterocycles. The molecule has 4 rings (SSSR count). The fourth-order valence-corrected chi connectivity index (χ4v) is 5.00. The van der Waals surface area contributed by atoms with Gasteiger partial charge < -0.3 is 14.9 Å². The molecular formula is C33H32O5. The zero-order chi connectivity index (χ0) is 27.2. The van der Waals surface area contributed by atoms with Crippen molar-refractivity contribution >= 4 is 11.9 Å². The van der Waals surface area contributed by atoms with Gasteiger partial charge in [0.2, 0.25) is 0 Å². The molecule has 194 valence electrons. The van der Waals surface area contributed by atoms with Crippen molar-refractivity contribution in [2.45, 2.75) is 40.0 Å². The lowest BCUT2D eigenvalue weighted by molar-refractivity contribution is -0.139. The molecule has 0 saturated heterocycles. The summed E-state index contributed by atoms with van der Waals surface area (Å²) in [6, 6.07) is 26.5. The predicted octanol–water partition coefficient (Wildman–Crippen LogP) is 7.02. The first-order valence-corrected chi connectivity index (χ1v) is 12.7. The van der Waals surface area contributed by atoms with E-state index in [1.807, 2.05) is 48.5 Å². The number of carboxylic acids is 2. The van der Waals surface area contributed by atoms with Crippen LogP contribution >= 0.6 is 0 Å².